The van der Waals surface area contributed by atoms with Crippen LogP contribution in [0.15, 0.2) is 24.3 Å². The highest BCUT2D eigenvalue weighted by Crippen LogP contribution is 2.13. The Labute approximate surface area is 90.7 Å². The van der Waals surface area contributed by atoms with Crippen molar-refractivity contribution < 1.29 is 9.53 Å². The van der Waals surface area contributed by atoms with Crippen LogP contribution in [0.2, 0.25) is 0 Å². The van der Waals surface area contributed by atoms with Gasteiger partial charge in [-0.1, -0.05) is 19.1 Å². The van der Waals surface area contributed by atoms with Gasteiger partial charge >= 0.3 is 6.09 Å². The van der Waals surface area contributed by atoms with Gasteiger partial charge in [-0.2, -0.15) is 0 Å². The van der Waals surface area contributed by atoms with Crippen LogP contribution in [0.3, 0.4) is 0 Å². The summed E-state index contributed by atoms with van der Waals surface area (Å²) in [7, 11) is 1.74. The van der Waals surface area contributed by atoms with Crippen LogP contribution in [0.25, 0.3) is 0 Å². The zero-order chi connectivity index (χ0) is 11.3. The van der Waals surface area contributed by atoms with Gasteiger partial charge in [0.15, 0.2) is 0 Å². The second-order valence-electron chi connectivity index (χ2n) is 3.61. The van der Waals surface area contributed by atoms with E-state index in [9.17, 15) is 4.79 Å². The fourth-order valence-electron chi connectivity index (χ4n) is 1.28. The van der Waals surface area contributed by atoms with Crippen LogP contribution in [-0.4, -0.2) is 24.6 Å². The molecule has 0 N–H and O–H groups in total. The lowest BCUT2D eigenvalue weighted by Gasteiger charge is -2.15. The van der Waals surface area contributed by atoms with Crippen LogP contribution in [0, 0.1) is 6.92 Å². The number of hydrogen-bond acceptors (Lipinski definition) is 2. The second-order valence-corrected chi connectivity index (χ2v) is 3.61. The molecule has 1 aromatic rings. The minimum absolute atomic E-state index is 0.303. The average molecular weight is 207 g/mol. The molecule has 0 heterocycles. The SMILES string of the molecule is CCCN(C)C(=O)Oc1cccc(C)c1. The predicted octanol–water partition coefficient (Wildman–Crippen LogP) is 2.84. The van der Waals surface area contributed by atoms with Gasteiger partial charge in [-0.3, -0.25) is 0 Å². The van der Waals surface area contributed by atoms with Crippen molar-refractivity contribution in [3.05, 3.63) is 29.8 Å². The molecule has 0 aliphatic heterocycles. The maximum absolute atomic E-state index is 11.5. The molecule has 0 radical (unpaired) electrons. The number of rotatable bonds is 3. The molecule has 0 saturated carbocycles. The number of carbonyl (C=O) groups is 1. The highest BCUT2D eigenvalue weighted by Gasteiger charge is 2.09. The van der Waals surface area contributed by atoms with Crippen LogP contribution in [-0.2, 0) is 0 Å². The molecule has 1 rings (SSSR count). The average Bonchev–Trinajstić information content (AvgIpc) is 2.18. The molecule has 0 bridgehead atoms. The predicted molar refractivity (Wildman–Crippen MR) is 60.1 cm³/mol. The van der Waals surface area contributed by atoms with Crippen LogP contribution in [0.4, 0.5) is 4.79 Å². The van der Waals surface area contributed by atoms with Crippen molar-refractivity contribution in [1.82, 2.24) is 4.90 Å². The summed E-state index contributed by atoms with van der Waals surface area (Å²) in [4.78, 5) is 13.1. The van der Waals surface area contributed by atoms with Crippen molar-refractivity contribution in [2.24, 2.45) is 0 Å². The third-order valence-electron chi connectivity index (χ3n) is 2.07. The van der Waals surface area contributed by atoms with Gasteiger partial charge < -0.3 is 9.64 Å². The first-order chi connectivity index (χ1) is 7.13. The first-order valence-electron chi connectivity index (χ1n) is 5.13. The van der Waals surface area contributed by atoms with E-state index in [2.05, 4.69) is 0 Å². The Kier molecular flexibility index (Phi) is 4.16. The Balaban J connectivity index is 2.58. The topological polar surface area (TPSA) is 29.5 Å². The minimum Gasteiger partial charge on any atom is -0.410 e. The van der Waals surface area contributed by atoms with Crippen molar-refractivity contribution in [3.63, 3.8) is 0 Å². The number of aryl methyl sites for hydroxylation is 1. The largest absolute Gasteiger partial charge is 0.414 e. The molecule has 0 fully saturated rings. The Morgan fingerprint density at radius 1 is 1.47 bits per heavy atom. The first kappa shape index (κ1) is 11.6. The fourth-order valence-corrected chi connectivity index (χ4v) is 1.28. The molecule has 0 spiro atoms. The molecular weight excluding hydrogens is 190 g/mol. The van der Waals surface area contributed by atoms with Crippen molar-refractivity contribution in [2.75, 3.05) is 13.6 Å². The van der Waals surface area contributed by atoms with E-state index in [-0.39, 0.29) is 6.09 Å². The van der Waals surface area contributed by atoms with Crippen LogP contribution < -0.4 is 4.74 Å². The lowest BCUT2D eigenvalue weighted by molar-refractivity contribution is 0.163. The lowest BCUT2D eigenvalue weighted by atomic mass is 10.2. The maximum atomic E-state index is 11.5. The highest BCUT2D eigenvalue weighted by atomic mass is 16.6. The van der Waals surface area contributed by atoms with Crippen LogP contribution in [0.5, 0.6) is 5.75 Å². The Morgan fingerprint density at radius 2 is 2.20 bits per heavy atom. The van der Waals surface area contributed by atoms with Gasteiger partial charge in [0.2, 0.25) is 0 Å². The summed E-state index contributed by atoms with van der Waals surface area (Å²) in [5.74, 6) is 0.600. The smallest absolute Gasteiger partial charge is 0.410 e. The molecule has 3 nitrogen and oxygen atoms in total. The van der Waals surface area contributed by atoms with Gasteiger partial charge in [-0.15, -0.1) is 0 Å². The molecule has 0 aliphatic carbocycles. The molecule has 15 heavy (non-hydrogen) atoms. The third kappa shape index (κ3) is 3.62. The molecule has 0 unspecified atom stereocenters. The number of nitrogens with zero attached hydrogens (tertiary/aromatic N) is 1. The third-order valence-corrected chi connectivity index (χ3v) is 2.07. The Hall–Kier alpha value is -1.51. The number of carbonyl (C=O) groups excluding carboxylic acids is 1. The van der Waals surface area contributed by atoms with E-state index in [1.54, 1.807) is 18.0 Å². The molecule has 0 aliphatic rings. The van der Waals surface area contributed by atoms with Crippen molar-refractivity contribution in [2.45, 2.75) is 20.3 Å². The van der Waals surface area contributed by atoms with Crippen LogP contribution >= 0.6 is 0 Å². The Bertz CT molecular complexity index is 336. The van der Waals surface area contributed by atoms with Gasteiger partial charge in [-0.25, -0.2) is 4.79 Å². The quantitative estimate of drug-likeness (QED) is 0.762. The molecule has 0 aromatic heterocycles. The Morgan fingerprint density at radius 3 is 2.80 bits per heavy atom. The van der Waals surface area contributed by atoms with E-state index < -0.39 is 0 Å². The highest BCUT2D eigenvalue weighted by molar-refractivity contribution is 5.70. The van der Waals surface area contributed by atoms with Gasteiger partial charge in [0.05, 0.1) is 0 Å². The molecular formula is C12H17NO2. The molecule has 1 amide bonds. The summed E-state index contributed by atoms with van der Waals surface area (Å²) in [6.45, 7) is 4.70. The summed E-state index contributed by atoms with van der Waals surface area (Å²) in [6.07, 6.45) is 0.627. The van der Waals surface area contributed by atoms with Gasteiger partial charge in [-0.05, 0) is 31.0 Å². The van der Waals surface area contributed by atoms with E-state index in [0.29, 0.717) is 12.3 Å². The van der Waals surface area contributed by atoms with E-state index in [1.807, 2.05) is 32.0 Å². The standard InChI is InChI=1S/C12H17NO2/c1-4-8-13(3)12(14)15-11-7-5-6-10(2)9-11/h5-7,9H,4,8H2,1-3H3. The van der Waals surface area contributed by atoms with Crippen molar-refractivity contribution in [1.29, 1.82) is 0 Å². The maximum Gasteiger partial charge on any atom is 0.414 e. The minimum atomic E-state index is -0.303. The summed E-state index contributed by atoms with van der Waals surface area (Å²) in [6, 6.07) is 7.47. The van der Waals surface area contributed by atoms with Gasteiger partial charge in [0, 0.05) is 13.6 Å². The monoisotopic (exact) mass is 207 g/mol. The number of ether oxygens (including phenoxy) is 1. The summed E-state index contributed by atoms with van der Waals surface area (Å²) in [5.41, 5.74) is 1.08. The van der Waals surface area contributed by atoms with Crippen LogP contribution in [0.1, 0.15) is 18.9 Å². The van der Waals surface area contributed by atoms with Crippen molar-refractivity contribution in [3.8, 4) is 5.75 Å². The lowest BCUT2D eigenvalue weighted by Crippen LogP contribution is -2.30. The first-order valence-corrected chi connectivity index (χ1v) is 5.13. The normalized spacial score (nSPS) is 9.80. The summed E-state index contributed by atoms with van der Waals surface area (Å²) < 4.78 is 5.20. The number of hydrogen-bond donors (Lipinski definition) is 0. The van der Waals surface area contributed by atoms with E-state index in [1.165, 1.54) is 0 Å². The zero-order valence-electron chi connectivity index (χ0n) is 9.49. The number of benzene rings is 1. The van der Waals surface area contributed by atoms with E-state index in [4.69, 9.17) is 4.74 Å². The summed E-state index contributed by atoms with van der Waals surface area (Å²) in [5, 5.41) is 0. The molecule has 3 heteroatoms. The van der Waals surface area contributed by atoms with Gasteiger partial charge in [0.25, 0.3) is 0 Å². The van der Waals surface area contributed by atoms with E-state index in [0.717, 1.165) is 12.0 Å². The van der Waals surface area contributed by atoms with Crippen molar-refractivity contribution >= 4 is 6.09 Å². The van der Waals surface area contributed by atoms with E-state index >= 15 is 0 Å². The molecule has 0 saturated heterocycles. The zero-order valence-corrected chi connectivity index (χ0v) is 9.49. The summed E-state index contributed by atoms with van der Waals surface area (Å²) >= 11 is 0. The number of amides is 1. The molecule has 0 atom stereocenters. The molecule has 82 valence electrons. The fraction of sp³-hybridized carbons (Fsp3) is 0.417. The second kappa shape index (κ2) is 5.39. The van der Waals surface area contributed by atoms with Gasteiger partial charge in [0.1, 0.15) is 5.75 Å². The molecule has 1 aromatic carbocycles.